The molecular weight excluding hydrogens is 338 g/mol. The van der Waals surface area contributed by atoms with Gasteiger partial charge in [-0.15, -0.1) is 11.3 Å². The molecule has 7 heteroatoms. The Bertz CT molecular complexity index is 540. The number of halogens is 1. The van der Waals surface area contributed by atoms with Gasteiger partial charge in [0.1, 0.15) is 0 Å². The molecule has 2 atom stereocenters. The number of aryl methyl sites for hydroxylation is 1. The smallest absolute Gasteiger partial charge is 0.244 e. The average molecular weight is 354 g/mol. The van der Waals surface area contributed by atoms with Crippen molar-refractivity contribution >= 4 is 37.3 Å². The zero-order chi connectivity index (χ0) is 13.5. The van der Waals surface area contributed by atoms with Crippen LogP contribution in [0, 0.1) is 12.8 Å². The van der Waals surface area contributed by atoms with Crippen molar-refractivity contribution in [1.82, 2.24) is 4.31 Å². The lowest BCUT2D eigenvalue weighted by Crippen LogP contribution is -2.44. The fourth-order valence-electron chi connectivity index (χ4n) is 2.14. The van der Waals surface area contributed by atoms with Gasteiger partial charge >= 0.3 is 0 Å². The monoisotopic (exact) mass is 353 g/mol. The molecule has 1 aliphatic rings. The molecule has 1 saturated heterocycles. The Labute approximate surface area is 120 Å². The van der Waals surface area contributed by atoms with Gasteiger partial charge in [-0.1, -0.05) is 6.92 Å². The van der Waals surface area contributed by atoms with Crippen LogP contribution >= 0.6 is 27.3 Å². The summed E-state index contributed by atoms with van der Waals surface area (Å²) in [6.45, 7) is 4.46. The van der Waals surface area contributed by atoms with Gasteiger partial charge in [-0.3, -0.25) is 0 Å². The van der Waals surface area contributed by atoms with E-state index < -0.39 is 16.1 Å². The molecule has 0 spiro atoms. The van der Waals surface area contributed by atoms with Crippen molar-refractivity contribution in [1.29, 1.82) is 0 Å². The lowest BCUT2D eigenvalue weighted by atomic mass is 9.99. The second kappa shape index (κ2) is 5.20. The highest BCUT2D eigenvalue weighted by molar-refractivity contribution is 9.11. The van der Waals surface area contributed by atoms with Crippen LogP contribution in [0.15, 0.2) is 14.7 Å². The maximum absolute atomic E-state index is 12.5. The Balaban J connectivity index is 2.29. The van der Waals surface area contributed by atoms with E-state index in [-0.39, 0.29) is 5.92 Å². The van der Waals surface area contributed by atoms with Crippen LogP contribution in [0.4, 0.5) is 0 Å². The summed E-state index contributed by atoms with van der Waals surface area (Å²) in [5.41, 5.74) is 0. The summed E-state index contributed by atoms with van der Waals surface area (Å²) in [5.74, 6) is -0.0177. The molecule has 102 valence electrons. The molecule has 2 unspecified atom stereocenters. The van der Waals surface area contributed by atoms with E-state index >= 15 is 0 Å². The molecule has 0 aromatic carbocycles. The average Bonchev–Trinajstić information content (AvgIpc) is 2.62. The van der Waals surface area contributed by atoms with Crippen LogP contribution in [-0.2, 0) is 10.0 Å². The Morgan fingerprint density at radius 1 is 1.56 bits per heavy atom. The van der Waals surface area contributed by atoms with Gasteiger partial charge in [0.2, 0.25) is 10.0 Å². The maximum Gasteiger partial charge on any atom is 0.244 e. The predicted octanol–water partition coefficient (Wildman–Crippen LogP) is 2.21. The second-order valence-corrected chi connectivity index (χ2v) is 9.21. The fourth-order valence-corrected chi connectivity index (χ4v) is 6.08. The van der Waals surface area contributed by atoms with Crippen LogP contribution in [-0.4, -0.2) is 37.0 Å². The molecule has 0 bridgehead atoms. The van der Waals surface area contributed by atoms with E-state index in [0.717, 1.165) is 8.66 Å². The van der Waals surface area contributed by atoms with Crippen molar-refractivity contribution in [2.75, 3.05) is 13.1 Å². The molecule has 0 amide bonds. The number of sulfonamides is 1. The Hall–Kier alpha value is 0.0500. The fraction of sp³-hybridized carbons (Fsp3) is 0.636. The molecule has 1 aromatic rings. The summed E-state index contributed by atoms with van der Waals surface area (Å²) in [6.07, 6.45) is 0.108. The summed E-state index contributed by atoms with van der Waals surface area (Å²) in [6, 6.07) is 1.66. The highest BCUT2D eigenvalue weighted by Crippen LogP contribution is 2.33. The van der Waals surface area contributed by atoms with Crippen LogP contribution in [0.2, 0.25) is 0 Å². The molecule has 1 aliphatic heterocycles. The Kier molecular flexibility index (Phi) is 4.18. The van der Waals surface area contributed by atoms with Crippen LogP contribution in [0.25, 0.3) is 0 Å². The van der Waals surface area contributed by atoms with E-state index in [2.05, 4.69) is 15.9 Å². The van der Waals surface area contributed by atoms with Crippen molar-refractivity contribution in [3.05, 3.63) is 14.7 Å². The van der Waals surface area contributed by atoms with E-state index in [0.29, 0.717) is 24.4 Å². The van der Waals surface area contributed by atoms with E-state index in [9.17, 15) is 13.5 Å². The minimum absolute atomic E-state index is 0.0177. The van der Waals surface area contributed by atoms with Gasteiger partial charge in [-0.25, -0.2) is 8.42 Å². The molecular formula is C11H16BrNO3S2. The Morgan fingerprint density at radius 3 is 2.72 bits per heavy atom. The largest absolute Gasteiger partial charge is 0.393 e. The van der Waals surface area contributed by atoms with Crippen LogP contribution in [0.3, 0.4) is 0 Å². The SMILES string of the molecule is Cc1sc(Br)cc1S(=O)(=O)N1CCC(O)C(C)C1. The first kappa shape index (κ1) is 14.5. The number of hydrogen-bond acceptors (Lipinski definition) is 4. The van der Waals surface area contributed by atoms with E-state index in [1.165, 1.54) is 15.6 Å². The summed E-state index contributed by atoms with van der Waals surface area (Å²) in [7, 11) is -3.43. The zero-order valence-electron chi connectivity index (χ0n) is 10.3. The highest BCUT2D eigenvalue weighted by atomic mass is 79.9. The van der Waals surface area contributed by atoms with Crippen LogP contribution in [0.5, 0.6) is 0 Å². The van der Waals surface area contributed by atoms with Gasteiger partial charge in [-0.05, 0) is 41.3 Å². The van der Waals surface area contributed by atoms with Gasteiger partial charge in [0.15, 0.2) is 0 Å². The van der Waals surface area contributed by atoms with Crippen molar-refractivity contribution in [2.24, 2.45) is 5.92 Å². The third-order valence-corrected chi connectivity index (χ3v) is 6.96. The minimum atomic E-state index is -3.43. The maximum atomic E-state index is 12.5. The first-order chi connectivity index (χ1) is 8.32. The minimum Gasteiger partial charge on any atom is -0.393 e. The molecule has 0 aliphatic carbocycles. The molecule has 2 heterocycles. The molecule has 4 nitrogen and oxygen atoms in total. The van der Waals surface area contributed by atoms with Gasteiger partial charge in [0.05, 0.1) is 14.8 Å². The van der Waals surface area contributed by atoms with Crippen LogP contribution in [0.1, 0.15) is 18.2 Å². The van der Waals surface area contributed by atoms with Gasteiger partial charge < -0.3 is 5.11 Å². The topological polar surface area (TPSA) is 57.6 Å². The number of hydrogen-bond donors (Lipinski definition) is 1. The first-order valence-corrected chi connectivity index (χ1v) is 8.81. The van der Waals surface area contributed by atoms with Crippen molar-refractivity contribution in [3.63, 3.8) is 0 Å². The van der Waals surface area contributed by atoms with E-state index in [4.69, 9.17) is 0 Å². The Morgan fingerprint density at radius 2 is 2.22 bits per heavy atom. The molecule has 18 heavy (non-hydrogen) atoms. The summed E-state index contributed by atoms with van der Waals surface area (Å²) >= 11 is 4.74. The third kappa shape index (κ3) is 2.65. The van der Waals surface area contributed by atoms with Crippen molar-refractivity contribution in [3.8, 4) is 0 Å². The summed E-state index contributed by atoms with van der Waals surface area (Å²) < 4.78 is 27.3. The standard InChI is InChI=1S/C11H16BrNO3S2/c1-7-6-13(4-3-9(7)14)18(15,16)10-5-11(12)17-8(10)2/h5,7,9,14H,3-4,6H2,1-2H3. The van der Waals surface area contributed by atoms with Gasteiger partial charge in [-0.2, -0.15) is 4.31 Å². The van der Waals surface area contributed by atoms with Gasteiger partial charge in [0.25, 0.3) is 0 Å². The lowest BCUT2D eigenvalue weighted by Gasteiger charge is -2.33. The lowest BCUT2D eigenvalue weighted by molar-refractivity contribution is 0.0628. The number of aliphatic hydroxyl groups excluding tert-OH is 1. The predicted molar refractivity (Wildman–Crippen MR) is 75.3 cm³/mol. The molecule has 0 radical (unpaired) electrons. The summed E-state index contributed by atoms with van der Waals surface area (Å²) in [4.78, 5) is 1.17. The van der Waals surface area contributed by atoms with Crippen molar-refractivity contribution in [2.45, 2.75) is 31.3 Å². The number of aliphatic hydroxyl groups is 1. The molecule has 2 rings (SSSR count). The first-order valence-electron chi connectivity index (χ1n) is 5.76. The van der Waals surface area contributed by atoms with Gasteiger partial charge in [0, 0.05) is 18.0 Å². The highest BCUT2D eigenvalue weighted by Gasteiger charge is 2.34. The number of piperidine rings is 1. The number of rotatable bonds is 2. The molecule has 0 saturated carbocycles. The number of nitrogens with zero attached hydrogens (tertiary/aromatic N) is 1. The number of thiophene rings is 1. The van der Waals surface area contributed by atoms with Crippen LogP contribution < -0.4 is 0 Å². The normalized spacial score (nSPS) is 26.4. The summed E-state index contributed by atoms with van der Waals surface area (Å²) in [5, 5.41) is 9.66. The molecule has 1 N–H and O–H groups in total. The quantitative estimate of drug-likeness (QED) is 0.886. The zero-order valence-corrected chi connectivity index (χ0v) is 13.5. The van der Waals surface area contributed by atoms with E-state index in [1.807, 2.05) is 13.8 Å². The molecule has 1 fully saturated rings. The second-order valence-electron chi connectivity index (χ2n) is 4.67. The van der Waals surface area contributed by atoms with Crippen molar-refractivity contribution < 1.29 is 13.5 Å². The third-order valence-electron chi connectivity index (χ3n) is 3.28. The molecule has 1 aromatic heterocycles. The van der Waals surface area contributed by atoms with E-state index in [1.54, 1.807) is 6.07 Å².